The Balaban J connectivity index is 0.000000176. The van der Waals surface area contributed by atoms with Crippen LogP contribution in [-0.4, -0.2) is 183 Å². The molecule has 14 rings (SSSR count). The zero-order valence-corrected chi connectivity index (χ0v) is 66.4. The number of Topliss-reactive ketones (excluding diaryl/α,β-unsaturated/α-hetero) is 2. The molecule has 0 bridgehead atoms. The molecule has 6 aliphatic rings. The third kappa shape index (κ3) is 17.5. The topological polar surface area (TPSA) is 430 Å². The second-order valence-corrected chi connectivity index (χ2v) is 30.9. The van der Waals surface area contributed by atoms with E-state index in [1.54, 1.807) is 56.3 Å². The number of carbonyl (C=O) groups excluding carboxylic acids is 13. The quantitative estimate of drug-likeness (QED) is 0.0230. The van der Waals surface area contributed by atoms with Crippen LogP contribution >= 0.6 is 45.9 Å². The van der Waals surface area contributed by atoms with Crippen molar-refractivity contribution in [2.75, 3.05) is 32.8 Å². The van der Waals surface area contributed by atoms with Crippen LogP contribution in [0, 0.1) is 27.7 Å². The van der Waals surface area contributed by atoms with E-state index in [0.717, 1.165) is 50.1 Å². The maximum Gasteiger partial charge on any atom is 0.337 e. The molecule has 115 heavy (non-hydrogen) atoms. The van der Waals surface area contributed by atoms with Crippen molar-refractivity contribution in [3.63, 3.8) is 0 Å². The fourth-order valence-electron chi connectivity index (χ4n) is 14.0. The van der Waals surface area contributed by atoms with Crippen LogP contribution in [-0.2, 0) is 38.4 Å². The van der Waals surface area contributed by atoms with Crippen molar-refractivity contribution in [1.29, 1.82) is 0 Å². The monoisotopic (exact) mass is 1640 g/mol. The summed E-state index contributed by atoms with van der Waals surface area (Å²) in [6.45, 7) is 12.7. The molecule has 4 aromatic heterocycles. The number of hydrogen-bond acceptors (Lipinski definition) is 24. The fourth-order valence-corrected chi connectivity index (χ4v) is 16.7. The van der Waals surface area contributed by atoms with Gasteiger partial charge in [0.15, 0.2) is 24.9 Å². The molecule has 6 N–H and O–H groups in total. The molecule has 4 aromatic carbocycles. The highest BCUT2D eigenvalue weighted by Gasteiger charge is 2.48. The van der Waals surface area contributed by atoms with Gasteiger partial charge >= 0.3 is 5.97 Å². The van der Waals surface area contributed by atoms with Crippen LogP contribution in [0.1, 0.15) is 221 Å². The summed E-state index contributed by atoms with van der Waals surface area (Å²) in [6.07, 6.45) is 4.37. The molecular weight excluding hydrogens is 1570 g/mol. The van der Waals surface area contributed by atoms with Gasteiger partial charge in [-0.25, -0.2) is 4.79 Å². The fraction of sp³-hybridized carbons (Fsp3) is 0.342. The van der Waals surface area contributed by atoms with Crippen molar-refractivity contribution in [3.05, 3.63) is 184 Å². The van der Waals surface area contributed by atoms with E-state index in [0.29, 0.717) is 97.3 Å². The molecule has 36 heteroatoms. The number of nitrogens with zero attached hydrogens (tertiary/aromatic N) is 10. The lowest BCUT2D eigenvalue weighted by molar-refractivity contribution is -0.137. The van der Waals surface area contributed by atoms with Crippen molar-refractivity contribution in [2.45, 2.75) is 143 Å². The molecule has 2 saturated heterocycles. The van der Waals surface area contributed by atoms with Crippen LogP contribution in [0.5, 0.6) is 11.5 Å². The molecule has 8 aromatic rings. The molecule has 4 atom stereocenters. The van der Waals surface area contributed by atoms with Gasteiger partial charge in [-0.3, -0.25) is 102 Å². The third-order valence-electron chi connectivity index (χ3n) is 19.4. The first-order valence-corrected chi connectivity index (χ1v) is 39.2. The highest BCUT2D eigenvalue weighted by molar-refractivity contribution is 7.15. The van der Waals surface area contributed by atoms with Crippen molar-refractivity contribution < 1.29 is 81.7 Å². The Hall–Kier alpha value is -12.1. The number of aromatic carboxylic acids is 1. The molecule has 0 spiro atoms. The highest BCUT2D eigenvalue weighted by atomic mass is 35.5. The van der Waals surface area contributed by atoms with Gasteiger partial charge in [0, 0.05) is 81.8 Å². The molecule has 2 fully saturated rings. The van der Waals surface area contributed by atoms with E-state index in [4.69, 9.17) is 42.7 Å². The summed E-state index contributed by atoms with van der Waals surface area (Å²) in [5.74, 6) is -4.85. The molecule has 0 radical (unpaired) electrons. The minimum absolute atomic E-state index is 0.00705. The number of aromatic nitrogens is 6. The highest BCUT2D eigenvalue weighted by Crippen LogP contribution is 2.43. The van der Waals surface area contributed by atoms with Crippen LogP contribution in [0.2, 0.25) is 10.0 Å². The number of piperidine rings is 2. The van der Waals surface area contributed by atoms with E-state index < -0.39 is 89.9 Å². The summed E-state index contributed by atoms with van der Waals surface area (Å²) in [5.41, 5.74) is 4.40. The summed E-state index contributed by atoms with van der Waals surface area (Å²) >= 11 is 15.0. The number of ketones is 2. The number of carboxylic acids is 1. The number of halogens is 2. The number of unbranched alkanes of at least 4 members (excludes halogenated alkanes) is 3. The van der Waals surface area contributed by atoms with E-state index in [1.165, 1.54) is 66.9 Å². The summed E-state index contributed by atoms with van der Waals surface area (Å²) in [6, 6.07) is 19.8. The van der Waals surface area contributed by atoms with E-state index in [2.05, 4.69) is 53.9 Å². The van der Waals surface area contributed by atoms with Gasteiger partial charge in [0.2, 0.25) is 23.6 Å². The summed E-state index contributed by atoms with van der Waals surface area (Å²) in [7, 11) is 0. The van der Waals surface area contributed by atoms with Crippen molar-refractivity contribution >= 4 is 140 Å². The Labute approximate surface area is 674 Å². The van der Waals surface area contributed by atoms with Crippen LogP contribution in [0.15, 0.2) is 94.9 Å². The second kappa shape index (κ2) is 35.5. The number of rotatable bonds is 25. The van der Waals surface area contributed by atoms with Gasteiger partial charge in [0.1, 0.15) is 68.9 Å². The lowest BCUT2D eigenvalue weighted by atomic mass is 9.98. The number of benzene rings is 4. The number of thiophene rings is 2. The van der Waals surface area contributed by atoms with Crippen molar-refractivity contribution in [3.8, 4) is 21.5 Å². The maximum absolute atomic E-state index is 13.9. The smallest absolute Gasteiger partial charge is 0.337 e. The van der Waals surface area contributed by atoms with Crippen LogP contribution in [0.3, 0.4) is 0 Å². The number of aryl methyl sites for hydroxylation is 4. The van der Waals surface area contributed by atoms with Gasteiger partial charge < -0.3 is 30.5 Å². The van der Waals surface area contributed by atoms with E-state index in [-0.39, 0.29) is 114 Å². The predicted molar refractivity (Wildman–Crippen MR) is 419 cm³/mol. The Morgan fingerprint density at radius 1 is 0.522 bits per heavy atom. The number of amides is 11. The van der Waals surface area contributed by atoms with E-state index in [1.807, 2.05) is 35.1 Å². The SMILES string of the molecule is CC(=O)C[C@@H]1N=C(c2ccc(Cl)cc2)c2c(sc(C)c2C(=O)NCCCCNC(=O)COc2cccc3c2C(=O)N(C2CCC(=O)NC2=O)C3=O)-n2c(C)nnc21.CC(=O)C[C@H]1N=C(c2ccc(Cl)cc2)c2c(sc(C)c2C(=O)O)-n2c(C)nnc21.CCCCCNC(=O)COc1cccc2c1C(=O)N(C1CCC(=O)NC1=O)C2=O. The first-order chi connectivity index (χ1) is 55.0. The number of aliphatic imine (C=N–C) groups is 2. The van der Waals surface area contributed by atoms with Gasteiger partial charge in [0.05, 0.1) is 50.4 Å². The number of imide groups is 4. The normalized spacial score (nSPS) is 17.1. The minimum Gasteiger partial charge on any atom is -0.483 e. The van der Waals surface area contributed by atoms with Gasteiger partial charge in [-0.15, -0.1) is 43.1 Å². The molecule has 0 saturated carbocycles. The number of ether oxygens (including phenoxy) is 2. The minimum atomic E-state index is -1.13. The van der Waals surface area contributed by atoms with E-state index in [9.17, 15) is 72.2 Å². The van der Waals surface area contributed by atoms with Crippen LogP contribution in [0.25, 0.3) is 10.0 Å². The number of hydrogen-bond donors (Lipinski definition) is 6. The Bertz CT molecular complexity index is 5410. The Morgan fingerprint density at radius 2 is 0.922 bits per heavy atom. The van der Waals surface area contributed by atoms with Gasteiger partial charge in [0.25, 0.3) is 41.4 Å². The molecule has 6 aliphatic heterocycles. The Kier molecular flexibility index (Phi) is 25.4. The average Bonchev–Trinajstić information content (AvgIpc) is 1.60. The molecular formula is C79H77Cl2N15O17S2. The number of carbonyl (C=O) groups is 14. The maximum atomic E-state index is 13.9. The van der Waals surface area contributed by atoms with E-state index >= 15 is 0 Å². The predicted octanol–water partition coefficient (Wildman–Crippen LogP) is 8.52. The average molecular weight is 1640 g/mol. The Morgan fingerprint density at radius 3 is 1.32 bits per heavy atom. The summed E-state index contributed by atoms with van der Waals surface area (Å²) in [4.78, 5) is 187. The molecule has 0 aliphatic carbocycles. The summed E-state index contributed by atoms with van der Waals surface area (Å²) in [5, 5.41) is 42.4. The van der Waals surface area contributed by atoms with Gasteiger partial charge in [-0.2, -0.15) is 0 Å². The molecule has 11 amide bonds. The van der Waals surface area contributed by atoms with Crippen molar-refractivity contribution in [1.82, 2.24) is 65.9 Å². The number of carboxylic acid groups (broad SMARTS) is 1. The third-order valence-corrected chi connectivity index (χ3v) is 22.1. The van der Waals surface area contributed by atoms with Gasteiger partial charge in [-0.05, 0) is 122 Å². The largest absolute Gasteiger partial charge is 0.483 e. The van der Waals surface area contributed by atoms with Crippen LogP contribution < -0.4 is 36.1 Å². The zero-order chi connectivity index (χ0) is 82.4. The van der Waals surface area contributed by atoms with Crippen LogP contribution in [0.4, 0.5) is 0 Å². The molecule has 596 valence electrons. The summed E-state index contributed by atoms with van der Waals surface area (Å²) < 4.78 is 14.8. The number of fused-ring (bicyclic) bond motifs is 8. The zero-order valence-electron chi connectivity index (χ0n) is 63.2. The second-order valence-electron chi connectivity index (χ2n) is 27.6. The van der Waals surface area contributed by atoms with Crippen molar-refractivity contribution in [2.24, 2.45) is 9.98 Å². The molecule has 2 unspecified atom stereocenters. The molecule has 10 heterocycles. The first kappa shape index (κ1) is 82.3. The first-order valence-electron chi connectivity index (χ1n) is 36.8. The van der Waals surface area contributed by atoms with Gasteiger partial charge in [-0.1, -0.05) is 79.4 Å². The lowest BCUT2D eigenvalue weighted by Crippen LogP contribution is -2.54. The number of nitrogens with one attached hydrogen (secondary N) is 5. The standard InChI is InChI=1S/C39H37ClN8O8S.C20H17ClN4O3S.C20H23N3O6/c1-19(49)17-25-34-46-45-21(3)47(34)39-32(33(43-25)22-9-11-23(40)12-10-22)30(20(2)57-39)36(53)42-16-5-4-15-41-29(51)18-56-27-8-6-7-24-31(27)38(55)48(37(24)54)26-13-14-28(50)44-35(26)52;1-9(26)8-14-18-24-23-11(3)25(18)19-16(15(20(27)28)10(2)29-19)17(22-14)12-4-6-13(21)7-5-12;1-2-3-4-10-21-16(25)11-29-14-7-5-6-12-17(14)20(28)23(19(12)27)13-8-9-15(24)22-18(13)26/h6-12,25-26H,4-5,13-18H2,1-3H3,(H,41,51)(H,42,53)(H,44,50,52);4-7,14H,8H2,1-3H3,(H,27,28);5-7,13H,2-4,8-11H2,1H3,(H,21,25)(H,22,24,26)/t25-,26?;14-;/m01./s1. The lowest BCUT2D eigenvalue weighted by Gasteiger charge is -2.27. The molecule has 32 nitrogen and oxygen atoms in total.